The van der Waals surface area contributed by atoms with E-state index < -0.39 is 0 Å². The minimum Gasteiger partial charge on any atom is -0.268 e. The number of benzene rings is 1. The first-order valence-corrected chi connectivity index (χ1v) is 7.32. The summed E-state index contributed by atoms with van der Waals surface area (Å²) in [6.45, 7) is 2.53. The molecule has 0 radical (unpaired) electrons. The minimum absolute atomic E-state index is 0.182. The highest BCUT2D eigenvalue weighted by molar-refractivity contribution is 8.18. The Bertz CT molecular complexity index is 525. The normalized spacial score (nSPS) is 17.6. The molecule has 0 saturated carbocycles. The van der Waals surface area contributed by atoms with Crippen LogP contribution in [0.1, 0.15) is 25.3 Å². The van der Waals surface area contributed by atoms with Crippen LogP contribution in [0, 0.1) is 0 Å². The maximum absolute atomic E-state index is 12.1. The monoisotopic (exact) mass is 295 g/mol. The van der Waals surface area contributed by atoms with Gasteiger partial charge < -0.3 is 0 Å². The minimum atomic E-state index is -0.196. The van der Waals surface area contributed by atoms with Crippen molar-refractivity contribution in [3.63, 3.8) is 0 Å². The lowest BCUT2D eigenvalue weighted by molar-refractivity contribution is -0.122. The van der Waals surface area contributed by atoms with Crippen molar-refractivity contribution in [1.82, 2.24) is 4.90 Å². The van der Waals surface area contributed by atoms with Gasteiger partial charge in [0.15, 0.2) is 0 Å². The second kappa shape index (κ2) is 6.26. The summed E-state index contributed by atoms with van der Waals surface area (Å²) in [5, 5.41) is 0.465. The van der Waals surface area contributed by atoms with E-state index in [0.29, 0.717) is 16.5 Å². The predicted octanol–water partition coefficient (Wildman–Crippen LogP) is 4.18. The van der Waals surface area contributed by atoms with E-state index in [9.17, 15) is 9.59 Å². The van der Waals surface area contributed by atoms with E-state index in [1.54, 1.807) is 18.2 Å². The summed E-state index contributed by atoms with van der Waals surface area (Å²) < 4.78 is 0. The molecule has 5 heteroatoms. The number of thioether (sulfide) groups is 1. The van der Waals surface area contributed by atoms with Crippen LogP contribution in [0.2, 0.25) is 5.02 Å². The Morgan fingerprint density at radius 1 is 1.26 bits per heavy atom. The fourth-order valence-corrected chi connectivity index (χ4v) is 2.71. The van der Waals surface area contributed by atoms with Crippen LogP contribution < -0.4 is 0 Å². The molecule has 1 heterocycles. The van der Waals surface area contributed by atoms with Crippen molar-refractivity contribution >= 4 is 40.6 Å². The Morgan fingerprint density at radius 2 is 1.95 bits per heavy atom. The molecule has 1 saturated heterocycles. The number of amides is 2. The summed E-state index contributed by atoms with van der Waals surface area (Å²) >= 11 is 6.80. The van der Waals surface area contributed by atoms with E-state index in [-0.39, 0.29) is 11.1 Å². The number of hydrogen-bond acceptors (Lipinski definition) is 3. The number of hydrogen-bond donors (Lipinski definition) is 0. The van der Waals surface area contributed by atoms with Gasteiger partial charge in [0, 0.05) is 11.6 Å². The second-order valence-corrected chi connectivity index (χ2v) is 5.67. The highest BCUT2D eigenvalue weighted by Crippen LogP contribution is 2.32. The van der Waals surface area contributed by atoms with Crippen LogP contribution in [-0.2, 0) is 4.79 Å². The molecule has 1 fully saturated rings. The summed E-state index contributed by atoms with van der Waals surface area (Å²) in [6, 6.07) is 7.16. The summed E-state index contributed by atoms with van der Waals surface area (Å²) in [5.41, 5.74) is 0.866. The molecule has 2 rings (SSSR count). The molecule has 0 N–H and O–H groups in total. The van der Waals surface area contributed by atoms with Crippen molar-refractivity contribution in [3.05, 3.63) is 39.8 Å². The van der Waals surface area contributed by atoms with Crippen molar-refractivity contribution in [3.8, 4) is 0 Å². The first kappa shape index (κ1) is 14.2. The Hall–Kier alpha value is -1.26. The topological polar surface area (TPSA) is 37.4 Å². The molecule has 19 heavy (non-hydrogen) atoms. The Kier molecular flexibility index (Phi) is 4.66. The van der Waals surface area contributed by atoms with E-state index in [4.69, 9.17) is 11.6 Å². The van der Waals surface area contributed by atoms with Crippen LogP contribution in [0.5, 0.6) is 0 Å². The number of imide groups is 1. The molecule has 0 aromatic heterocycles. The van der Waals surface area contributed by atoms with Gasteiger partial charge in [-0.3, -0.25) is 14.5 Å². The third-order valence-electron chi connectivity index (χ3n) is 2.78. The smallest absolute Gasteiger partial charge is 0.268 e. The fraction of sp³-hybridized carbons (Fsp3) is 0.286. The Labute approximate surface area is 121 Å². The van der Waals surface area contributed by atoms with Gasteiger partial charge in [-0.15, -0.1) is 0 Å². The quantitative estimate of drug-likeness (QED) is 0.782. The van der Waals surface area contributed by atoms with E-state index in [1.807, 2.05) is 19.1 Å². The largest absolute Gasteiger partial charge is 0.293 e. The molecular weight excluding hydrogens is 282 g/mol. The molecule has 1 aromatic carbocycles. The lowest BCUT2D eigenvalue weighted by Gasteiger charge is -2.10. The molecule has 1 aromatic rings. The van der Waals surface area contributed by atoms with E-state index in [1.165, 1.54) is 4.90 Å². The standard InChI is InChI=1S/C14H14ClNO2S/c1-2-3-8-16-13(17)12(19-14(16)18)9-10-4-6-11(15)7-5-10/h4-7,9H,2-3,8H2,1H3/b12-9+. The third kappa shape index (κ3) is 3.39. The average molecular weight is 296 g/mol. The van der Waals surface area contributed by atoms with E-state index in [0.717, 1.165) is 30.2 Å². The van der Waals surface area contributed by atoms with Crippen molar-refractivity contribution in [2.45, 2.75) is 19.8 Å². The number of unbranched alkanes of at least 4 members (excludes halogenated alkanes) is 1. The molecule has 100 valence electrons. The molecule has 0 aliphatic carbocycles. The first-order valence-electron chi connectivity index (χ1n) is 6.12. The SMILES string of the molecule is CCCCN1C(=O)S/C(=C/c2ccc(Cl)cc2)C1=O. The molecule has 0 spiro atoms. The van der Waals surface area contributed by atoms with E-state index >= 15 is 0 Å². The van der Waals surface area contributed by atoms with Gasteiger partial charge in [0.25, 0.3) is 11.1 Å². The van der Waals surface area contributed by atoms with Crippen LogP contribution in [0.25, 0.3) is 6.08 Å². The van der Waals surface area contributed by atoms with Crippen molar-refractivity contribution in [1.29, 1.82) is 0 Å². The maximum atomic E-state index is 12.1. The van der Waals surface area contributed by atoms with Gasteiger partial charge >= 0.3 is 0 Å². The predicted molar refractivity (Wildman–Crippen MR) is 79.0 cm³/mol. The molecule has 0 unspecified atom stereocenters. The van der Waals surface area contributed by atoms with Gasteiger partial charge in [-0.2, -0.15) is 0 Å². The van der Waals surface area contributed by atoms with Crippen molar-refractivity contribution < 1.29 is 9.59 Å². The van der Waals surface area contributed by atoms with Gasteiger partial charge in [-0.1, -0.05) is 37.1 Å². The van der Waals surface area contributed by atoms with Crippen LogP contribution >= 0.6 is 23.4 Å². The Morgan fingerprint density at radius 3 is 2.58 bits per heavy atom. The zero-order valence-corrected chi connectivity index (χ0v) is 12.1. The fourth-order valence-electron chi connectivity index (χ4n) is 1.72. The second-order valence-electron chi connectivity index (χ2n) is 4.24. The first-order chi connectivity index (χ1) is 9.11. The van der Waals surface area contributed by atoms with Gasteiger partial charge in [-0.25, -0.2) is 0 Å². The zero-order chi connectivity index (χ0) is 13.8. The highest BCUT2D eigenvalue weighted by Gasteiger charge is 2.34. The summed E-state index contributed by atoms with van der Waals surface area (Å²) in [4.78, 5) is 25.6. The van der Waals surface area contributed by atoms with Crippen LogP contribution in [-0.4, -0.2) is 22.6 Å². The average Bonchev–Trinajstić information content (AvgIpc) is 2.65. The summed E-state index contributed by atoms with van der Waals surface area (Å²) in [5.74, 6) is -0.196. The molecule has 0 bridgehead atoms. The van der Waals surface area contributed by atoms with Gasteiger partial charge in [0.1, 0.15) is 0 Å². The number of carbonyl (C=O) groups is 2. The number of halogens is 1. The summed E-state index contributed by atoms with van der Waals surface area (Å²) in [6.07, 6.45) is 3.53. The molecule has 1 aliphatic rings. The zero-order valence-electron chi connectivity index (χ0n) is 10.6. The number of nitrogens with zero attached hydrogens (tertiary/aromatic N) is 1. The van der Waals surface area contributed by atoms with Crippen molar-refractivity contribution in [2.75, 3.05) is 6.54 Å². The number of carbonyl (C=O) groups excluding carboxylic acids is 2. The van der Waals surface area contributed by atoms with Crippen LogP contribution in [0.3, 0.4) is 0 Å². The molecule has 1 aliphatic heterocycles. The molecular formula is C14H14ClNO2S. The molecule has 3 nitrogen and oxygen atoms in total. The van der Waals surface area contributed by atoms with E-state index in [2.05, 4.69) is 0 Å². The number of rotatable bonds is 4. The molecule has 2 amide bonds. The van der Waals surface area contributed by atoms with Crippen LogP contribution in [0.4, 0.5) is 4.79 Å². The lowest BCUT2D eigenvalue weighted by atomic mass is 10.2. The van der Waals surface area contributed by atoms with Gasteiger partial charge in [0.2, 0.25) is 0 Å². The lowest BCUT2D eigenvalue weighted by Crippen LogP contribution is -2.29. The third-order valence-corrected chi connectivity index (χ3v) is 3.94. The molecule has 0 atom stereocenters. The van der Waals surface area contributed by atoms with Crippen LogP contribution in [0.15, 0.2) is 29.2 Å². The van der Waals surface area contributed by atoms with Gasteiger partial charge in [0.05, 0.1) is 4.91 Å². The van der Waals surface area contributed by atoms with Gasteiger partial charge in [-0.05, 0) is 42.0 Å². The Balaban J connectivity index is 2.16. The summed E-state index contributed by atoms with van der Waals surface area (Å²) in [7, 11) is 0. The van der Waals surface area contributed by atoms with Crippen molar-refractivity contribution in [2.24, 2.45) is 0 Å². The highest BCUT2D eigenvalue weighted by atomic mass is 35.5. The maximum Gasteiger partial charge on any atom is 0.293 e.